The van der Waals surface area contributed by atoms with Crippen molar-refractivity contribution in [2.45, 2.75) is 31.5 Å². The highest BCUT2D eigenvalue weighted by Gasteiger charge is 3.02. The molecule has 0 N–H and O–H groups in total. The van der Waals surface area contributed by atoms with Gasteiger partial charge >= 0.3 is 11.9 Å². The number of carbonyl (C=O) groups is 2. The van der Waals surface area contributed by atoms with Gasteiger partial charge in [0.05, 0.1) is 24.3 Å². The van der Waals surface area contributed by atoms with E-state index in [4.69, 9.17) is 9.47 Å². The lowest BCUT2D eigenvalue weighted by molar-refractivity contribution is -0.254. The normalized spacial score (nSPS) is 27.6. The first-order valence-electron chi connectivity index (χ1n) is 6.58. The van der Waals surface area contributed by atoms with Crippen molar-refractivity contribution in [2.75, 3.05) is 0 Å². The van der Waals surface area contributed by atoms with Gasteiger partial charge in [-0.1, -0.05) is 0 Å². The van der Waals surface area contributed by atoms with E-state index in [-0.39, 0.29) is 0 Å². The minimum absolute atomic E-state index is 0.318. The largest absolute Gasteiger partial charge is 0.421 e. The summed E-state index contributed by atoms with van der Waals surface area (Å²) in [5, 5.41) is 37.1. The van der Waals surface area contributed by atoms with Crippen molar-refractivity contribution in [3.63, 3.8) is 0 Å². The molecule has 2 aliphatic carbocycles. The Morgan fingerprint density at radius 1 is 0.773 bits per heavy atom. The van der Waals surface area contributed by atoms with Crippen LogP contribution in [0.1, 0.15) is 25.7 Å². The highest BCUT2D eigenvalue weighted by atomic mass is 16.7. The van der Waals surface area contributed by atoms with E-state index in [1.807, 2.05) is 0 Å². The van der Waals surface area contributed by atoms with Crippen molar-refractivity contribution < 1.29 is 19.1 Å². The highest BCUT2D eigenvalue weighted by molar-refractivity contribution is 6.12. The van der Waals surface area contributed by atoms with Crippen molar-refractivity contribution in [2.24, 2.45) is 16.2 Å². The smallest absolute Gasteiger partial charge is 0.332 e. The molecule has 2 saturated carbocycles. The van der Waals surface area contributed by atoms with Gasteiger partial charge in [-0.3, -0.25) is 9.59 Å². The maximum absolute atomic E-state index is 12.5. The number of esters is 2. The third-order valence-electron chi connectivity index (χ3n) is 4.83. The molecule has 1 saturated heterocycles. The summed E-state index contributed by atoms with van der Waals surface area (Å²) in [7, 11) is 0. The fraction of sp³-hybridized carbons (Fsp3) is 0.571. The molecule has 3 fully saturated rings. The third-order valence-corrected chi connectivity index (χ3v) is 4.83. The van der Waals surface area contributed by atoms with E-state index in [1.165, 1.54) is 24.3 Å². The second-order valence-corrected chi connectivity index (χ2v) is 5.59. The molecule has 0 unspecified atom stereocenters. The average molecular weight is 296 g/mol. The minimum Gasteiger partial charge on any atom is -0.421 e. The van der Waals surface area contributed by atoms with Crippen LogP contribution in [0, 0.1) is 61.6 Å². The van der Waals surface area contributed by atoms with Crippen LogP contribution in [0.2, 0.25) is 0 Å². The molecule has 8 nitrogen and oxygen atoms in total. The molecule has 0 aromatic rings. The van der Waals surface area contributed by atoms with Crippen LogP contribution in [0.25, 0.3) is 0 Å². The number of hydrogen-bond donors (Lipinski definition) is 0. The van der Waals surface area contributed by atoms with Crippen LogP contribution in [0.4, 0.5) is 0 Å². The van der Waals surface area contributed by atoms with Crippen LogP contribution in [-0.4, -0.2) is 17.7 Å². The van der Waals surface area contributed by atoms with Crippen LogP contribution in [0.5, 0.6) is 0 Å². The monoisotopic (exact) mass is 296 g/mol. The molecule has 0 aromatic carbocycles. The molecule has 0 amide bonds. The average Bonchev–Trinajstić information content (AvgIpc) is 2.77. The lowest BCUT2D eigenvalue weighted by Gasteiger charge is -2.36. The third kappa shape index (κ3) is 1.01. The number of hydrogen-bond acceptors (Lipinski definition) is 8. The number of carbonyl (C=O) groups excluding carboxylic acids is 2. The van der Waals surface area contributed by atoms with Crippen molar-refractivity contribution in [3.8, 4) is 24.3 Å². The minimum atomic E-state index is -2.51. The zero-order valence-corrected chi connectivity index (χ0v) is 11.3. The van der Waals surface area contributed by atoms with E-state index in [0.29, 0.717) is 25.7 Å². The van der Waals surface area contributed by atoms with Gasteiger partial charge in [-0.25, -0.2) is 0 Å². The van der Waals surface area contributed by atoms with E-state index in [1.54, 1.807) is 0 Å². The molecule has 22 heavy (non-hydrogen) atoms. The first-order valence-corrected chi connectivity index (χ1v) is 6.58. The molecule has 0 bridgehead atoms. The number of ether oxygens (including phenoxy) is 2. The standard InChI is InChI=1S/C14H8N4O4/c15-5-11(6-16)12(7-17,8-18)14(11)9(19)21-13(22-10(14)20)3-1-2-4-13/h1-4H2. The molecule has 108 valence electrons. The highest BCUT2D eigenvalue weighted by Crippen LogP contribution is 2.79. The Bertz CT molecular complexity index is 679. The Balaban J connectivity index is 2.17. The molecular weight excluding hydrogens is 288 g/mol. The number of nitriles is 4. The molecule has 1 aliphatic heterocycles. The Labute approximate surface area is 125 Å². The number of nitrogens with zero attached hydrogens (tertiary/aromatic N) is 4. The van der Waals surface area contributed by atoms with Gasteiger partial charge in [0.2, 0.25) is 16.2 Å². The Morgan fingerprint density at radius 3 is 1.45 bits per heavy atom. The first kappa shape index (κ1) is 13.9. The Hall–Kier alpha value is -3.10. The van der Waals surface area contributed by atoms with Gasteiger partial charge in [-0.05, 0) is 12.8 Å². The number of rotatable bonds is 0. The van der Waals surface area contributed by atoms with Crippen molar-refractivity contribution in [3.05, 3.63) is 0 Å². The second-order valence-electron chi connectivity index (χ2n) is 5.59. The van der Waals surface area contributed by atoms with Crippen LogP contribution in [0.3, 0.4) is 0 Å². The Morgan fingerprint density at radius 2 is 1.14 bits per heavy atom. The topological polar surface area (TPSA) is 148 Å². The van der Waals surface area contributed by atoms with E-state index in [0.717, 1.165) is 0 Å². The molecule has 8 heteroatoms. The summed E-state index contributed by atoms with van der Waals surface area (Å²) in [6.45, 7) is 0. The van der Waals surface area contributed by atoms with Gasteiger partial charge in [0, 0.05) is 12.8 Å². The van der Waals surface area contributed by atoms with E-state index in [9.17, 15) is 30.6 Å². The summed E-state index contributed by atoms with van der Waals surface area (Å²) < 4.78 is 10.4. The molecule has 3 rings (SSSR count). The fourth-order valence-corrected chi connectivity index (χ4v) is 3.61. The maximum Gasteiger partial charge on any atom is 0.332 e. The molecule has 2 spiro atoms. The van der Waals surface area contributed by atoms with Crippen LogP contribution in [-0.2, 0) is 19.1 Å². The van der Waals surface area contributed by atoms with Gasteiger partial charge in [0.25, 0.3) is 5.79 Å². The summed E-state index contributed by atoms with van der Waals surface area (Å²) in [6.07, 6.45) is 2.02. The fourth-order valence-electron chi connectivity index (χ4n) is 3.61. The van der Waals surface area contributed by atoms with Crippen molar-refractivity contribution in [1.82, 2.24) is 0 Å². The summed E-state index contributed by atoms with van der Waals surface area (Å²) >= 11 is 0. The molecule has 1 heterocycles. The second kappa shape index (κ2) is 3.75. The quantitative estimate of drug-likeness (QED) is 0.461. The lowest BCUT2D eigenvalue weighted by Crippen LogP contribution is -2.52. The van der Waals surface area contributed by atoms with Gasteiger partial charge in [0.1, 0.15) is 0 Å². The zero-order chi connectivity index (χ0) is 16.2. The van der Waals surface area contributed by atoms with Gasteiger partial charge in [-0.2, -0.15) is 21.0 Å². The zero-order valence-electron chi connectivity index (χ0n) is 11.3. The van der Waals surface area contributed by atoms with Gasteiger partial charge < -0.3 is 9.47 Å². The summed E-state index contributed by atoms with van der Waals surface area (Å²) in [4.78, 5) is 25.0. The van der Waals surface area contributed by atoms with Crippen LogP contribution >= 0.6 is 0 Å². The van der Waals surface area contributed by atoms with Gasteiger partial charge in [-0.15, -0.1) is 0 Å². The van der Waals surface area contributed by atoms with E-state index in [2.05, 4.69) is 0 Å². The summed E-state index contributed by atoms with van der Waals surface area (Å²) in [6, 6.07) is 5.95. The molecule has 0 atom stereocenters. The lowest BCUT2D eigenvalue weighted by atomic mass is 9.92. The molecular formula is C14H8N4O4. The van der Waals surface area contributed by atoms with E-state index < -0.39 is 34.0 Å². The first-order chi connectivity index (χ1) is 10.5. The predicted molar refractivity (Wildman–Crippen MR) is 63.1 cm³/mol. The summed E-state index contributed by atoms with van der Waals surface area (Å²) in [5.41, 5.74) is -7.35. The summed E-state index contributed by atoms with van der Waals surface area (Å²) in [5.74, 6) is -3.79. The molecule has 0 radical (unpaired) electrons. The van der Waals surface area contributed by atoms with Crippen molar-refractivity contribution >= 4 is 11.9 Å². The van der Waals surface area contributed by atoms with Gasteiger partial charge in [0.15, 0.2) is 0 Å². The maximum atomic E-state index is 12.5. The molecule has 3 aliphatic rings. The van der Waals surface area contributed by atoms with Crippen molar-refractivity contribution in [1.29, 1.82) is 21.0 Å². The predicted octanol–water partition coefficient (Wildman–Crippen LogP) is 0.424. The van der Waals surface area contributed by atoms with Crippen LogP contribution < -0.4 is 0 Å². The van der Waals surface area contributed by atoms with E-state index >= 15 is 0 Å². The SMILES string of the molecule is N#CC1(C#N)C(C#N)(C#N)C12C(=O)OC1(CCCC1)OC2=O. The Kier molecular flexibility index (Phi) is 2.37. The van der Waals surface area contributed by atoms with Crippen LogP contribution in [0.15, 0.2) is 0 Å². The molecule has 0 aromatic heterocycles.